The third-order valence-corrected chi connectivity index (χ3v) is 2.76. The van der Waals surface area contributed by atoms with E-state index in [-0.39, 0.29) is 18.1 Å². The lowest BCUT2D eigenvalue weighted by Gasteiger charge is -2.14. The normalized spacial score (nSPS) is 11.5. The number of allylic oxidation sites excluding steroid dienone is 2. The highest BCUT2D eigenvalue weighted by atomic mass is 16.7. The summed E-state index contributed by atoms with van der Waals surface area (Å²) in [4.78, 5) is 27.9. The summed E-state index contributed by atoms with van der Waals surface area (Å²) in [6, 6.07) is 0. The van der Waals surface area contributed by atoms with Gasteiger partial charge in [0.25, 0.3) is 0 Å². The number of nitrogens with zero attached hydrogens (tertiary/aromatic N) is 1. The lowest BCUT2D eigenvalue weighted by atomic mass is 10.00. The van der Waals surface area contributed by atoms with Crippen LogP contribution in [0.5, 0.6) is 0 Å². The van der Waals surface area contributed by atoms with E-state index in [0.29, 0.717) is 6.42 Å². The van der Waals surface area contributed by atoms with Crippen LogP contribution in [-0.2, 0) is 19.2 Å². The van der Waals surface area contributed by atoms with Gasteiger partial charge < -0.3 is 15.0 Å². The van der Waals surface area contributed by atoms with Crippen molar-refractivity contribution in [2.75, 3.05) is 13.7 Å². The SMILES string of the molecule is C=CC(C/C=C/N(C)OC(=O)C(=C)C(=O)OCC)CCC=N. The number of carbonyl (C=O) groups excluding carboxylic acids is 2. The molecule has 0 rings (SSSR count). The van der Waals surface area contributed by atoms with Gasteiger partial charge in [0.2, 0.25) is 0 Å². The molecule has 1 N–H and O–H groups in total. The summed E-state index contributed by atoms with van der Waals surface area (Å²) in [5.41, 5.74) is -0.350. The molecule has 0 saturated carbocycles. The van der Waals surface area contributed by atoms with Gasteiger partial charge in [0, 0.05) is 13.2 Å². The topological polar surface area (TPSA) is 79.7 Å². The summed E-state index contributed by atoms with van der Waals surface area (Å²) >= 11 is 0. The first kappa shape index (κ1) is 19.6. The molecule has 122 valence electrons. The summed E-state index contributed by atoms with van der Waals surface area (Å²) < 4.78 is 4.67. The largest absolute Gasteiger partial charge is 0.462 e. The lowest BCUT2D eigenvalue weighted by Crippen LogP contribution is -2.23. The summed E-state index contributed by atoms with van der Waals surface area (Å²) in [5, 5.41) is 8.21. The Morgan fingerprint density at radius 1 is 1.36 bits per heavy atom. The maximum absolute atomic E-state index is 11.6. The minimum atomic E-state index is -0.852. The van der Waals surface area contributed by atoms with Gasteiger partial charge in [0.1, 0.15) is 5.57 Å². The van der Waals surface area contributed by atoms with Crippen LogP contribution in [0.15, 0.2) is 37.1 Å². The maximum atomic E-state index is 11.6. The third kappa shape index (κ3) is 8.04. The number of hydrogen-bond donors (Lipinski definition) is 1. The van der Waals surface area contributed by atoms with E-state index in [0.717, 1.165) is 12.8 Å². The van der Waals surface area contributed by atoms with Gasteiger partial charge in [-0.1, -0.05) is 18.7 Å². The maximum Gasteiger partial charge on any atom is 0.369 e. The number of esters is 1. The third-order valence-electron chi connectivity index (χ3n) is 2.76. The van der Waals surface area contributed by atoms with Crippen molar-refractivity contribution >= 4 is 18.2 Å². The van der Waals surface area contributed by atoms with Crippen LogP contribution in [-0.4, -0.2) is 36.9 Å². The summed E-state index contributed by atoms with van der Waals surface area (Å²) in [7, 11) is 1.54. The van der Waals surface area contributed by atoms with E-state index < -0.39 is 11.9 Å². The van der Waals surface area contributed by atoms with Crippen LogP contribution < -0.4 is 0 Å². The van der Waals surface area contributed by atoms with E-state index in [4.69, 9.17) is 10.2 Å². The monoisotopic (exact) mass is 308 g/mol. The number of nitrogens with one attached hydrogen (secondary N) is 1. The van der Waals surface area contributed by atoms with Crippen LogP contribution in [0.4, 0.5) is 0 Å². The van der Waals surface area contributed by atoms with Crippen molar-refractivity contribution in [3.05, 3.63) is 37.1 Å². The Balaban J connectivity index is 4.28. The molecule has 0 aliphatic carbocycles. The van der Waals surface area contributed by atoms with Gasteiger partial charge in [-0.3, -0.25) is 0 Å². The molecule has 0 heterocycles. The van der Waals surface area contributed by atoms with Crippen LogP contribution in [0.25, 0.3) is 0 Å². The number of hydroxylamine groups is 2. The van der Waals surface area contributed by atoms with E-state index in [2.05, 4.69) is 17.9 Å². The van der Waals surface area contributed by atoms with Crippen LogP contribution in [0.3, 0.4) is 0 Å². The second-order valence-corrected chi connectivity index (χ2v) is 4.52. The highest BCUT2D eigenvalue weighted by Gasteiger charge is 2.19. The summed E-state index contributed by atoms with van der Waals surface area (Å²) in [6.07, 6.45) is 8.89. The molecule has 22 heavy (non-hydrogen) atoms. The van der Waals surface area contributed by atoms with Gasteiger partial charge in [-0.25, -0.2) is 14.7 Å². The van der Waals surface area contributed by atoms with Crippen LogP contribution in [0, 0.1) is 11.3 Å². The van der Waals surface area contributed by atoms with Gasteiger partial charge >= 0.3 is 11.9 Å². The number of carbonyl (C=O) groups is 2. The number of rotatable bonds is 11. The van der Waals surface area contributed by atoms with E-state index in [1.807, 2.05) is 12.2 Å². The van der Waals surface area contributed by atoms with Gasteiger partial charge in [-0.05, 0) is 38.3 Å². The molecule has 0 bridgehead atoms. The molecule has 0 aliphatic rings. The van der Waals surface area contributed by atoms with Crippen molar-refractivity contribution in [2.45, 2.75) is 26.2 Å². The molecule has 0 aromatic heterocycles. The smallest absolute Gasteiger partial charge is 0.369 e. The number of ether oxygens (including phenoxy) is 1. The lowest BCUT2D eigenvalue weighted by molar-refractivity contribution is -0.170. The van der Waals surface area contributed by atoms with Crippen molar-refractivity contribution in [3.8, 4) is 0 Å². The molecule has 0 spiro atoms. The van der Waals surface area contributed by atoms with Crippen molar-refractivity contribution in [1.29, 1.82) is 5.41 Å². The van der Waals surface area contributed by atoms with E-state index in [1.54, 1.807) is 13.1 Å². The summed E-state index contributed by atoms with van der Waals surface area (Å²) in [6.45, 7) is 8.90. The molecule has 0 aromatic carbocycles. The van der Waals surface area contributed by atoms with Crippen LogP contribution in [0.1, 0.15) is 26.2 Å². The minimum absolute atomic E-state index is 0.166. The Kier molecular flexibility index (Phi) is 10.1. The highest BCUT2D eigenvalue weighted by Crippen LogP contribution is 2.12. The van der Waals surface area contributed by atoms with Crippen molar-refractivity contribution in [2.24, 2.45) is 5.92 Å². The standard InChI is InChI=1S/C16H24N2O4/c1-5-14(9-7-11-17)10-8-12-18(4)22-16(20)13(3)15(19)21-6-2/h5,8,11-12,14,17H,1,3,6-7,9-10H2,2,4H3/b12-8+,17-11?. The Labute approximate surface area is 131 Å². The van der Waals surface area contributed by atoms with Crippen LogP contribution in [0.2, 0.25) is 0 Å². The zero-order chi connectivity index (χ0) is 17.0. The molecule has 0 amide bonds. The van der Waals surface area contributed by atoms with Gasteiger partial charge in [0.05, 0.1) is 6.61 Å². The van der Waals surface area contributed by atoms with Crippen molar-refractivity contribution < 1.29 is 19.2 Å². The summed E-state index contributed by atoms with van der Waals surface area (Å²) in [5.74, 6) is -1.38. The molecular weight excluding hydrogens is 284 g/mol. The highest BCUT2D eigenvalue weighted by molar-refractivity contribution is 6.13. The van der Waals surface area contributed by atoms with Crippen molar-refractivity contribution in [1.82, 2.24) is 5.06 Å². The molecule has 1 atom stereocenters. The molecular formula is C16H24N2O4. The first-order valence-corrected chi connectivity index (χ1v) is 7.05. The van der Waals surface area contributed by atoms with E-state index >= 15 is 0 Å². The Hall–Kier alpha value is -2.37. The average Bonchev–Trinajstić information content (AvgIpc) is 2.49. The fraction of sp³-hybridized carbons (Fsp3) is 0.438. The van der Waals surface area contributed by atoms with E-state index in [1.165, 1.54) is 18.3 Å². The predicted molar refractivity (Wildman–Crippen MR) is 85.1 cm³/mol. The molecule has 0 fully saturated rings. The Bertz CT molecular complexity index is 443. The molecule has 0 aromatic rings. The predicted octanol–water partition coefficient (Wildman–Crippen LogP) is 2.63. The fourth-order valence-corrected chi connectivity index (χ4v) is 1.53. The molecule has 0 aliphatic heterocycles. The Morgan fingerprint density at radius 2 is 2.05 bits per heavy atom. The molecule has 0 saturated heterocycles. The van der Waals surface area contributed by atoms with Gasteiger partial charge in [-0.15, -0.1) is 6.58 Å². The second-order valence-electron chi connectivity index (χ2n) is 4.52. The van der Waals surface area contributed by atoms with Gasteiger partial charge in [0.15, 0.2) is 0 Å². The van der Waals surface area contributed by atoms with Gasteiger partial charge in [-0.2, -0.15) is 0 Å². The Morgan fingerprint density at radius 3 is 2.59 bits per heavy atom. The molecule has 6 heteroatoms. The zero-order valence-electron chi connectivity index (χ0n) is 13.2. The number of hydrogen-bond acceptors (Lipinski definition) is 6. The molecule has 6 nitrogen and oxygen atoms in total. The first-order chi connectivity index (χ1) is 10.5. The minimum Gasteiger partial charge on any atom is -0.462 e. The van der Waals surface area contributed by atoms with Crippen LogP contribution >= 0.6 is 0 Å². The zero-order valence-corrected chi connectivity index (χ0v) is 13.2. The fourth-order valence-electron chi connectivity index (χ4n) is 1.53. The average molecular weight is 308 g/mol. The second kappa shape index (κ2) is 11.3. The first-order valence-electron chi connectivity index (χ1n) is 7.05. The molecule has 0 radical (unpaired) electrons. The van der Waals surface area contributed by atoms with Crippen molar-refractivity contribution in [3.63, 3.8) is 0 Å². The molecule has 1 unspecified atom stereocenters. The van der Waals surface area contributed by atoms with E-state index in [9.17, 15) is 9.59 Å². The quantitative estimate of drug-likeness (QED) is 0.121.